The maximum absolute atomic E-state index is 12.2. The third-order valence-electron chi connectivity index (χ3n) is 3.56. The first-order valence-corrected chi connectivity index (χ1v) is 9.87. The van der Waals surface area contributed by atoms with E-state index >= 15 is 0 Å². The number of hydrogen-bond acceptors (Lipinski definition) is 5. The predicted molar refractivity (Wildman–Crippen MR) is 89.3 cm³/mol. The minimum Gasteiger partial charge on any atom is -0.481 e. The van der Waals surface area contributed by atoms with Crippen molar-refractivity contribution < 1.29 is 14.7 Å². The van der Waals surface area contributed by atoms with Gasteiger partial charge in [-0.1, -0.05) is 28.5 Å². The lowest BCUT2D eigenvalue weighted by molar-refractivity contribution is -0.136. The summed E-state index contributed by atoms with van der Waals surface area (Å²) in [5.74, 6) is 1.03. The molecule has 1 aliphatic carbocycles. The average Bonchev–Trinajstić information content (AvgIpc) is 2.88. The van der Waals surface area contributed by atoms with Crippen LogP contribution in [-0.4, -0.2) is 45.2 Å². The summed E-state index contributed by atoms with van der Waals surface area (Å²) in [6.45, 7) is 2.75. The summed E-state index contributed by atoms with van der Waals surface area (Å²) in [6, 6.07) is 0. The molecular formula is C14H21N3O3S2. The molecule has 122 valence electrons. The summed E-state index contributed by atoms with van der Waals surface area (Å²) in [7, 11) is 3.09. The Labute approximate surface area is 137 Å². The number of aliphatic carboxylic acids is 1. The van der Waals surface area contributed by atoms with E-state index in [1.54, 1.807) is 10.8 Å². The fourth-order valence-electron chi connectivity index (χ4n) is 2.39. The molecule has 1 amide bonds. The number of H-pyrrole nitrogens is 1. The van der Waals surface area contributed by atoms with E-state index in [1.807, 2.05) is 0 Å². The first kappa shape index (κ1) is 17.2. The highest BCUT2D eigenvalue weighted by Gasteiger charge is 2.24. The summed E-state index contributed by atoms with van der Waals surface area (Å²) in [5.41, 5.74) is 2.70. The number of nitrogens with one attached hydrogen (secondary N) is 2. The molecule has 0 saturated heterocycles. The first-order chi connectivity index (χ1) is 10.6. The number of aromatic amines is 1. The summed E-state index contributed by atoms with van der Waals surface area (Å²) >= 11 is 0. The Morgan fingerprint density at radius 1 is 1.41 bits per heavy atom. The Morgan fingerprint density at radius 3 is 2.95 bits per heavy atom. The zero-order chi connectivity index (χ0) is 15.9. The van der Waals surface area contributed by atoms with Gasteiger partial charge in [-0.05, 0) is 25.2 Å². The summed E-state index contributed by atoms with van der Waals surface area (Å²) in [5, 5.41) is 18.5. The van der Waals surface area contributed by atoms with Crippen molar-refractivity contribution in [2.24, 2.45) is 5.92 Å². The highest BCUT2D eigenvalue weighted by molar-refractivity contribution is 8.76. The van der Waals surface area contributed by atoms with Crippen molar-refractivity contribution >= 4 is 33.5 Å². The molecule has 0 saturated carbocycles. The van der Waals surface area contributed by atoms with Gasteiger partial charge in [-0.3, -0.25) is 14.7 Å². The van der Waals surface area contributed by atoms with Crippen LogP contribution < -0.4 is 5.32 Å². The second-order valence-corrected chi connectivity index (χ2v) is 8.12. The van der Waals surface area contributed by atoms with E-state index < -0.39 is 5.97 Å². The number of amides is 1. The zero-order valence-electron chi connectivity index (χ0n) is 12.6. The molecule has 1 atom stereocenters. The maximum Gasteiger partial charge on any atom is 0.304 e. The van der Waals surface area contributed by atoms with Crippen LogP contribution in [0.4, 0.5) is 0 Å². The maximum atomic E-state index is 12.2. The van der Waals surface area contributed by atoms with Crippen LogP contribution >= 0.6 is 21.6 Å². The highest BCUT2D eigenvalue weighted by Crippen LogP contribution is 2.26. The number of nitrogens with zero attached hydrogens (tertiary/aromatic N) is 1. The molecule has 3 N–H and O–H groups in total. The van der Waals surface area contributed by atoms with Crippen molar-refractivity contribution in [1.29, 1.82) is 0 Å². The number of carboxylic acid groups (broad SMARTS) is 1. The number of carbonyl (C=O) groups is 2. The van der Waals surface area contributed by atoms with Crippen LogP contribution in [0.3, 0.4) is 0 Å². The lowest BCUT2D eigenvalue weighted by atomic mass is 9.88. The predicted octanol–water partition coefficient (Wildman–Crippen LogP) is 2.12. The summed E-state index contributed by atoms with van der Waals surface area (Å²) in [4.78, 5) is 22.5. The quantitative estimate of drug-likeness (QED) is 0.494. The van der Waals surface area contributed by atoms with E-state index in [0.717, 1.165) is 36.3 Å². The average molecular weight is 343 g/mol. The van der Waals surface area contributed by atoms with Crippen molar-refractivity contribution in [3.63, 3.8) is 0 Å². The van der Waals surface area contributed by atoms with E-state index in [4.69, 9.17) is 5.11 Å². The molecule has 1 aromatic rings. The van der Waals surface area contributed by atoms with Crippen LogP contribution in [0.25, 0.3) is 0 Å². The van der Waals surface area contributed by atoms with E-state index in [-0.39, 0.29) is 12.3 Å². The van der Waals surface area contributed by atoms with Crippen LogP contribution in [0.5, 0.6) is 0 Å². The number of aromatic nitrogens is 2. The molecule has 6 nitrogen and oxygen atoms in total. The van der Waals surface area contributed by atoms with E-state index in [0.29, 0.717) is 23.9 Å². The van der Waals surface area contributed by atoms with Crippen molar-refractivity contribution in [3.8, 4) is 0 Å². The highest BCUT2D eigenvalue weighted by atomic mass is 33.1. The van der Waals surface area contributed by atoms with Crippen molar-refractivity contribution in [1.82, 2.24) is 15.5 Å². The van der Waals surface area contributed by atoms with Crippen molar-refractivity contribution in [2.45, 2.75) is 32.6 Å². The molecule has 1 heterocycles. The molecule has 1 aromatic heterocycles. The molecule has 0 aliphatic heterocycles. The lowest BCUT2D eigenvalue weighted by Crippen LogP contribution is -2.27. The number of carboxylic acids is 1. The van der Waals surface area contributed by atoms with Gasteiger partial charge >= 0.3 is 5.97 Å². The Balaban J connectivity index is 1.70. The molecule has 0 spiro atoms. The second kappa shape index (κ2) is 8.47. The molecule has 2 rings (SSSR count). The number of carbonyl (C=O) groups excluding carboxylic acids is 1. The number of aryl methyl sites for hydroxylation is 1. The molecule has 22 heavy (non-hydrogen) atoms. The SMILES string of the molecule is CC1CCc2[nH]nc(C(=O)NCCSSCCC(=O)O)c2C1. The topological polar surface area (TPSA) is 95.1 Å². The third-order valence-corrected chi connectivity index (χ3v) is 5.97. The minimum absolute atomic E-state index is 0.122. The largest absolute Gasteiger partial charge is 0.481 e. The minimum atomic E-state index is -0.779. The Kier molecular flexibility index (Phi) is 6.63. The van der Waals surface area contributed by atoms with Crippen LogP contribution in [0.1, 0.15) is 41.5 Å². The van der Waals surface area contributed by atoms with E-state index in [2.05, 4.69) is 22.4 Å². The van der Waals surface area contributed by atoms with Gasteiger partial charge in [0, 0.05) is 29.3 Å². The molecule has 1 aliphatic rings. The molecule has 0 aromatic carbocycles. The van der Waals surface area contributed by atoms with Gasteiger partial charge in [0.1, 0.15) is 0 Å². The monoisotopic (exact) mass is 343 g/mol. The number of rotatable bonds is 8. The fourth-order valence-corrected chi connectivity index (χ4v) is 4.28. The van der Waals surface area contributed by atoms with Gasteiger partial charge < -0.3 is 10.4 Å². The third kappa shape index (κ3) is 4.95. The first-order valence-electron chi connectivity index (χ1n) is 7.38. The summed E-state index contributed by atoms with van der Waals surface area (Å²) in [6.07, 6.45) is 3.18. The second-order valence-electron chi connectivity index (χ2n) is 5.42. The Morgan fingerprint density at radius 2 is 2.18 bits per heavy atom. The van der Waals surface area contributed by atoms with Gasteiger partial charge in [0.15, 0.2) is 5.69 Å². The van der Waals surface area contributed by atoms with Crippen LogP contribution in [0.2, 0.25) is 0 Å². The molecular weight excluding hydrogens is 322 g/mol. The van der Waals surface area contributed by atoms with Crippen LogP contribution in [0.15, 0.2) is 0 Å². The fraction of sp³-hybridized carbons (Fsp3) is 0.643. The zero-order valence-corrected chi connectivity index (χ0v) is 14.2. The molecule has 0 bridgehead atoms. The lowest BCUT2D eigenvalue weighted by Gasteiger charge is -2.17. The molecule has 1 unspecified atom stereocenters. The normalized spacial score (nSPS) is 17.0. The van der Waals surface area contributed by atoms with Gasteiger partial charge in [-0.15, -0.1) is 0 Å². The van der Waals surface area contributed by atoms with Crippen LogP contribution in [-0.2, 0) is 17.6 Å². The summed E-state index contributed by atoms with van der Waals surface area (Å²) < 4.78 is 0. The van der Waals surface area contributed by atoms with Gasteiger partial charge in [-0.2, -0.15) is 5.10 Å². The van der Waals surface area contributed by atoms with Crippen molar-refractivity contribution in [2.75, 3.05) is 18.1 Å². The van der Waals surface area contributed by atoms with Gasteiger partial charge in [0.05, 0.1) is 6.42 Å². The van der Waals surface area contributed by atoms with Gasteiger partial charge in [-0.25, -0.2) is 0 Å². The molecule has 0 fully saturated rings. The number of hydrogen-bond donors (Lipinski definition) is 3. The van der Waals surface area contributed by atoms with E-state index in [1.165, 1.54) is 10.8 Å². The molecule has 8 heteroatoms. The standard InChI is InChI=1S/C14H21N3O3S2/c1-9-2-3-11-10(8-9)13(17-16-11)14(20)15-5-7-22-21-6-4-12(18)19/h9H,2-8H2,1H3,(H,15,20)(H,16,17)(H,18,19). The number of fused-ring (bicyclic) bond motifs is 1. The van der Waals surface area contributed by atoms with E-state index in [9.17, 15) is 9.59 Å². The van der Waals surface area contributed by atoms with Crippen LogP contribution in [0, 0.1) is 5.92 Å². The smallest absolute Gasteiger partial charge is 0.304 e. The molecule has 0 radical (unpaired) electrons. The van der Waals surface area contributed by atoms with Gasteiger partial charge in [0.2, 0.25) is 0 Å². The van der Waals surface area contributed by atoms with Crippen molar-refractivity contribution in [3.05, 3.63) is 17.0 Å². The van der Waals surface area contributed by atoms with Gasteiger partial charge in [0.25, 0.3) is 5.91 Å². The Bertz CT molecular complexity index is 533. The Hall–Kier alpha value is -1.15.